The minimum atomic E-state index is -0.969. The molecule has 28 heavy (non-hydrogen) atoms. The molecule has 0 aliphatic carbocycles. The second-order valence-electron chi connectivity index (χ2n) is 6.87. The fourth-order valence-corrected chi connectivity index (χ4v) is 3.46. The van der Waals surface area contributed by atoms with Gasteiger partial charge in [-0.15, -0.1) is 0 Å². The van der Waals surface area contributed by atoms with Crippen LogP contribution in [-0.4, -0.2) is 42.7 Å². The lowest BCUT2D eigenvalue weighted by Gasteiger charge is -2.42. The number of carbonyl (C=O) groups excluding carboxylic acids is 1. The molecule has 2 aromatic carbocycles. The van der Waals surface area contributed by atoms with E-state index in [2.05, 4.69) is 0 Å². The maximum atomic E-state index is 14.0. The van der Waals surface area contributed by atoms with Crippen LogP contribution < -0.4 is 10.5 Å². The van der Waals surface area contributed by atoms with E-state index in [1.165, 1.54) is 12.1 Å². The molecule has 0 aromatic heterocycles. The third kappa shape index (κ3) is 5.41. The van der Waals surface area contributed by atoms with Gasteiger partial charge in [0.15, 0.2) is 0 Å². The molecule has 1 fully saturated rings. The standard InChI is InChI=1S/C20H21ClF2N2O3/c21-15-2-1-3-17(8-15)27-13-20(10-19(24)26)12-25(6-7-28-20)11-14-4-5-16(22)9-18(14)23/h1-5,8-9H,6-7,10-13H2,(H2,24,26)/t20-/m1/s1. The van der Waals surface area contributed by atoms with Crippen molar-refractivity contribution in [3.8, 4) is 5.75 Å². The molecule has 1 atom stereocenters. The average Bonchev–Trinajstić information content (AvgIpc) is 2.62. The quantitative estimate of drug-likeness (QED) is 0.761. The highest BCUT2D eigenvalue weighted by atomic mass is 35.5. The molecule has 1 aliphatic heterocycles. The van der Waals surface area contributed by atoms with E-state index in [1.54, 1.807) is 24.3 Å². The zero-order valence-electron chi connectivity index (χ0n) is 15.2. The SMILES string of the molecule is NC(=O)C[C@]1(COc2cccc(Cl)c2)CN(Cc2ccc(F)cc2F)CCO1. The number of nitrogens with zero attached hydrogens (tertiary/aromatic N) is 1. The summed E-state index contributed by atoms with van der Waals surface area (Å²) in [6.45, 7) is 1.52. The Bertz CT molecular complexity index is 852. The van der Waals surface area contributed by atoms with E-state index in [0.717, 1.165) is 6.07 Å². The highest BCUT2D eigenvalue weighted by Gasteiger charge is 2.39. The van der Waals surface area contributed by atoms with Crippen molar-refractivity contribution in [2.75, 3.05) is 26.3 Å². The Hall–Kier alpha value is -2.22. The lowest BCUT2D eigenvalue weighted by Crippen LogP contribution is -2.56. The van der Waals surface area contributed by atoms with Crippen LogP contribution in [-0.2, 0) is 16.1 Å². The van der Waals surface area contributed by atoms with Crippen LogP contribution in [0.25, 0.3) is 0 Å². The van der Waals surface area contributed by atoms with Gasteiger partial charge in [-0.25, -0.2) is 8.78 Å². The van der Waals surface area contributed by atoms with Crippen LogP contribution in [0.15, 0.2) is 42.5 Å². The van der Waals surface area contributed by atoms with Crippen molar-refractivity contribution in [2.24, 2.45) is 5.73 Å². The predicted octanol–water partition coefficient (Wildman–Crippen LogP) is 3.14. The van der Waals surface area contributed by atoms with Crippen LogP contribution in [0.4, 0.5) is 8.78 Å². The molecular weight excluding hydrogens is 390 g/mol. The van der Waals surface area contributed by atoms with Gasteiger partial charge >= 0.3 is 0 Å². The summed E-state index contributed by atoms with van der Waals surface area (Å²) in [6, 6.07) is 10.4. The number of morpholine rings is 1. The van der Waals surface area contributed by atoms with Crippen molar-refractivity contribution < 1.29 is 23.0 Å². The molecule has 8 heteroatoms. The maximum Gasteiger partial charge on any atom is 0.220 e. The Labute approximate surface area is 167 Å². The van der Waals surface area contributed by atoms with Gasteiger partial charge in [-0.2, -0.15) is 0 Å². The molecule has 0 unspecified atom stereocenters. The van der Waals surface area contributed by atoms with Gasteiger partial charge < -0.3 is 15.2 Å². The summed E-state index contributed by atoms with van der Waals surface area (Å²) < 4.78 is 38.8. The monoisotopic (exact) mass is 410 g/mol. The van der Waals surface area contributed by atoms with Gasteiger partial charge in [0.1, 0.15) is 29.6 Å². The number of nitrogens with two attached hydrogens (primary N) is 1. The minimum Gasteiger partial charge on any atom is -0.490 e. The first-order chi connectivity index (χ1) is 13.3. The Kier molecular flexibility index (Phi) is 6.49. The average molecular weight is 411 g/mol. The second kappa shape index (κ2) is 8.86. The molecule has 0 bridgehead atoms. The normalized spacial score (nSPS) is 20.1. The molecule has 1 amide bonds. The van der Waals surface area contributed by atoms with E-state index in [4.69, 9.17) is 26.8 Å². The van der Waals surface area contributed by atoms with Crippen LogP contribution >= 0.6 is 11.6 Å². The molecule has 5 nitrogen and oxygen atoms in total. The van der Waals surface area contributed by atoms with Crippen LogP contribution in [0.1, 0.15) is 12.0 Å². The number of ether oxygens (including phenoxy) is 2. The second-order valence-corrected chi connectivity index (χ2v) is 7.30. The zero-order chi connectivity index (χ0) is 20.1. The fourth-order valence-electron chi connectivity index (χ4n) is 3.28. The third-order valence-electron chi connectivity index (χ3n) is 4.53. The predicted molar refractivity (Wildman–Crippen MR) is 101 cm³/mol. The number of rotatable bonds is 7. The Morgan fingerprint density at radius 3 is 2.82 bits per heavy atom. The third-order valence-corrected chi connectivity index (χ3v) is 4.77. The molecule has 1 aliphatic rings. The van der Waals surface area contributed by atoms with E-state index in [0.29, 0.717) is 36.0 Å². The van der Waals surface area contributed by atoms with Crippen LogP contribution in [0.3, 0.4) is 0 Å². The molecule has 0 spiro atoms. The first kappa shape index (κ1) is 20.5. The summed E-state index contributed by atoms with van der Waals surface area (Å²) in [5, 5.41) is 0.527. The van der Waals surface area contributed by atoms with Gasteiger partial charge in [0.05, 0.1) is 13.0 Å². The van der Waals surface area contributed by atoms with Crippen molar-refractivity contribution in [3.63, 3.8) is 0 Å². The van der Waals surface area contributed by atoms with E-state index < -0.39 is 23.1 Å². The Morgan fingerprint density at radius 2 is 2.11 bits per heavy atom. The highest BCUT2D eigenvalue weighted by molar-refractivity contribution is 6.30. The van der Waals surface area contributed by atoms with Crippen LogP contribution in [0.5, 0.6) is 5.75 Å². The number of carbonyl (C=O) groups is 1. The topological polar surface area (TPSA) is 64.8 Å². The number of halogens is 3. The Morgan fingerprint density at radius 1 is 1.29 bits per heavy atom. The maximum absolute atomic E-state index is 14.0. The smallest absolute Gasteiger partial charge is 0.220 e. The molecule has 150 valence electrons. The first-order valence-corrected chi connectivity index (χ1v) is 9.20. The van der Waals surface area contributed by atoms with Crippen molar-refractivity contribution in [1.82, 2.24) is 4.90 Å². The Balaban J connectivity index is 1.73. The molecule has 3 rings (SSSR count). The molecule has 2 aromatic rings. The summed E-state index contributed by atoms with van der Waals surface area (Å²) in [7, 11) is 0. The van der Waals surface area contributed by atoms with Gasteiger partial charge in [0.2, 0.25) is 5.91 Å². The van der Waals surface area contributed by atoms with Gasteiger partial charge in [-0.05, 0) is 24.3 Å². The van der Waals surface area contributed by atoms with Gasteiger partial charge in [0.25, 0.3) is 0 Å². The lowest BCUT2D eigenvalue weighted by molar-refractivity contribution is -0.148. The molecule has 1 heterocycles. The summed E-state index contributed by atoms with van der Waals surface area (Å²) in [6.07, 6.45) is -0.0457. The number of hydrogen-bond donors (Lipinski definition) is 1. The first-order valence-electron chi connectivity index (χ1n) is 8.82. The van der Waals surface area contributed by atoms with Crippen LogP contribution in [0, 0.1) is 11.6 Å². The van der Waals surface area contributed by atoms with E-state index in [1.807, 2.05) is 4.90 Å². The summed E-state index contributed by atoms with van der Waals surface area (Å²) in [5.41, 5.74) is 4.82. The largest absolute Gasteiger partial charge is 0.490 e. The molecule has 1 saturated heterocycles. The van der Waals surface area contributed by atoms with Gasteiger partial charge in [-0.3, -0.25) is 9.69 Å². The zero-order valence-corrected chi connectivity index (χ0v) is 15.9. The summed E-state index contributed by atoms with van der Waals surface area (Å²) >= 11 is 5.97. The van der Waals surface area contributed by atoms with Crippen molar-refractivity contribution in [3.05, 3.63) is 64.7 Å². The highest BCUT2D eigenvalue weighted by Crippen LogP contribution is 2.26. The minimum absolute atomic E-state index is 0.0457. The molecular formula is C20H21ClF2N2O3. The fraction of sp³-hybridized carbons (Fsp3) is 0.350. The summed E-state index contributed by atoms with van der Waals surface area (Å²) in [5.74, 6) is -1.21. The van der Waals surface area contributed by atoms with Crippen molar-refractivity contribution >= 4 is 17.5 Å². The number of benzene rings is 2. The molecule has 0 saturated carbocycles. The number of hydrogen-bond acceptors (Lipinski definition) is 4. The molecule has 0 radical (unpaired) electrons. The van der Waals surface area contributed by atoms with Crippen molar-refractivity contribution in [1.29, 1.82) is 0 Å². The number of primary amides is 1. The van der Waals surface area contributed by atoms with Crippen molar-refractivity contribution in [2.45, 2.75) is 18.6 Å². The van der Waals surface area contributed by atoms with E-state index >= 15 is 0 Å². The van der Waals surface area contributed by atoms with E-state index in [9.17, 15) is 13.6 Å². The van der Waals surface area contributed by atoms with Crippen LogP contribution in [0.2, 0.25) is 5.02 Å². The summed E-state index contributed by atoms with van der Waals surface area (Å²) in [4.78, 5) is 13.6. The number of amides is 1. The van der Waals surface area contributed by atoms with Gasteiger partial charge in [-0.1, -0.05) is 23.7 Å². The van der Waals surface area contributed by atoms with E-state index in [-0.39, 0.29) is 19.6 Å². The van der Waals surface area contributed by atoms with Gasteiger partial charge in [0, 0.05) is 36.3 Å². The lowest BCUT2D eigenvalue weighted by atomic mass is 9.97. The molecule has 2 N–H and O–H groups in total.